The number of aromatic nitrogens is 2. The molecule has 0 bridgehead atoms. The molecule has 0 aliphatic rings. The van der Waals surface area contributed by atoms with Crippen LogP contribution in [0.1, 0.15) is 45.4 Å². The standard InChI is InChI=1S/C14H18Cl2N2/c1-4-9(5-2)14-17-12-7-10(15)11(16)8-13(12)18(14)6-3/h7-9H,4-6H2,1-3H3. The molecule has 0 unspecified atom stereocenters. The molecule has 1 heterocycles. The monoisotopic (exact) mass is 284 g/mol. The molecule has 1 aromatic heterocycles. The summed E-state index contributed by atoms with van der Waals surface area (Å²) >= 11 is 12.2. The van der Waals surface area contributed by atoms with E-state index in [9.17, 15) is 0 Å². The van der Waals surface area contributed by atoms with Crippen LogP contribution in [-0.4, -0.2) is 9.55 Å². The molecule has 0 radical (unpaired) electrons. The predicted molar refractivity (Wildman–Crippen MR) is 78.8 cm³/mol. The van der Waals surface area contributed by atoms with Gasteiger partial charge in [0.2, 0.25) is 0 Å². The van der Waals surface area contributed by atoms with Crippen molar-refractivity contribution in [3.63, 3.8) is 0 Å². The van der Waals surface area contributed by atoms with Crippen molar-refractivity contribution in [3.05, 3.63) is 28.0 Å². The van der Waals surface area contributed by atoms with Crippen molar-refractivity contribution >= 4 is 34.2 Å². The van der Waals surface area contributed by atoms with E-state index in [0.29, 0.717) is 16.0 Å². The molecule has 2 aromatic rings. The zero-order chi connectivity index (χ0) is 13.3. The molecule has 0 aliphatic heterocycles. The van der Waals surface area contributed by atoms with Crippen molar-refractivity contribution in [2.24, 2.45) is 0 Å². The second-order valence-corrected chi connectivity index (χ2v) is 5.30. The average molecular weight is 285 g/mol. The van der Waals surface area contributed by atoms with Crippen molar-refractivity contribution in [1.82, 2.24) is 9.55 Å². The van der Waals surface area contributed by atoms with Crippen molar-refractivity contribution in [2.75, 3.05) is 0 Å². The van der Waals surface area contributed by atoms with E-state index in [1.165, 1.54) is 0 Å². The minimum atomic E-state index is 0.495. The largest absolute Gasteiger partial charge is 0.328 e. The number of imidazole rings is 1. The summed E-state index contributed by atoms with van der Waals surface area (Å²) in [6.45, 7) is 7.44. The van der Waals surface area contributed by atoms with Crippen molar-refractivity contribution in [3.8, 4) is 0 Å². The highest BCUT2D eigenvalue weighted by atomic mass is 35.5. The van der Waals surface area contributed by atoms with E-state index < -0.39 is 0 Å². The first-order valence-electron chi connectivity index (χ1n) is 6.47. The molecular weight excluding hydrogens is 267 g/mol. The fourth-order valence-corrected chi connectivity index (χ4v) is 2.75. The number of halogens is 2. The number of hydrogen-bond acceptors (Lipinski definition) is 1. The fourth-order valence-electron chi connectivity index (χ4n) is 2.44. The van der Waals surface area contributed by atoms with E-state index in [2.05, 4.69) is 25.3 Å². The summed E-state index contributed by atoms with van der Waals surface area (Å²) in [5, 5.41) is 1.16. The van der Waals surface area contributed by atoms with Crippen molar-refractivity contribution < 1.29 is 0 Å². The Morgan fingerprint density at radius 1 is 1.11 bits per heavy atom. The Balaban J connectivity index is 2.68. The molecule has 1 aromatic carbocycles. The van der Waals surface area contributed by atoms with Gasteiger partial charge in [0.05, 0.1) is 21.1 Å². The zero-order valence-electron chi connectivity index (χ0n) is 11.0. The van der Waals surface area contributed by atoms with Crippen LogP contribution in [0.2, 0.25) is 10.0 Å². The summed E-state index contributed by atoms with van der Waals surface area (Å²) < 4.78 is 2.25. The van der Waals surface area contributed by atoms with Crippen LogP contribution in [-0.2, 0) is 6.54 Å². The Labute approximate surface area is 118 Å². The minimum Gasteiger partial charge on any atom is -0.328 e. The quantitative estimate of drug-likeness (QED) is 0.748. The number of aryl methyl sites for hydroxylation is 1. The van der Waals surface area contributed by atoms with Gasteiger partial charge in [-0.1, -0.05) is 37.0 Å². The highest BCUT2D eigenvalue weighted by Crippen LogP contribution is 2.31. The van der Waals surface area contributed by atoms with E-state index in [-0.39, 0.29) is 0 Å². The lowest BCUT2D eigenvalue weighted by molar-refractivity contribution is 0.564. The molecule has 2 nitrogen and oxygen atoms in total. The molecule has 0 amide bonds. The first-order valence-corrected chi connectivity index (χ1v) is 7.23. The highest BCUT2D eigenvalue weighted by molar-refractivity contribution is 6.42. The molecule has 0 aliphatic carbocycles. The van der Waals surface area contributed by atoms with Gasteiger partial charge in [0.25, 0.3) is 0 Å². The Hall–Kier alpha value is -0.730. The van der Waals surface area contributed by atoms with Crippen LogP contribution in [0.3, 0.4) is 0 Å². The van der Waals surface area contributed by atoms with Crippen LogP contribution >= 0.6 is 23.2 Å². The zero-order valence-corrected chi connectivity index (χ0v) is 12.5. The highest BCUT2D eigenvalue weighted by Gasteiger charge is 2.17. The maximum Gasteiger partial charge on any atom is 0.112 e. The van der Waals surface area contributed by atoms with Crippen LogP contribution in [0.25, 0.3) is 11.0 Å². The molecular formula is C14H18Cl2N2. The summed E-state index contributed by atoms with van der Waals surface area (Å²) in [4.78, 5) is 4.75. The minimum absolute atomic E-state index is 0.495. The Morgan fingerprint density at radius 3 is 2.28 bits per heavy atom. The van der Waals surface area contributed by atoms with Gasteiger partial charge in [-0.25, -0.2) is 4.98 Å². The van der Waals surface area contributed by atoms with Crippen LogP contribution < -0.4 is 0 Å². The van der Waals surface area contributed by atoms with Crippen LogP contribution in [0.4, 0.5) is 0 Å². The number of hydrogen-bond donors (Lipinski definition) is 0. The summed E-state index contributed by atoms with van der Waals surface area (Å²) in [5.74, 6) is 1.64. The fraction of sp³-hybridized carbons (Fsp3) is 0.500. The molecule has 0 fully saturated rings. The van der Waals surface area contributed by atoms with Crippen LogP contribution in [0.5, 0.6) is 0 Å². The predicted octanol–water partition coefficient (Wildman–Crippen LogP) is 5.27. The van der Waals surface area contributed by atoms with Gasteiger partial charge in [0.15, 0.2) is 0 Å². The normalized spacial score (nSPS) is 11.7. The molecule has 0 atom stereocenters. The molecule has 0 spiro atoms. The van der Waals surface area contributed by atoms with E-state index in [4.69, 9.17) is 28.2 Å². The van der Waals surface area contributed by atoms with Crippen molar-refractivity contribution in [1.29, 1.82) is 0 Å². The lowest BCUT2D eigenvalue weighted by atomic mass is 10.0. The third-order valence-electron chi connectivity index (χ3n) is 3.49. The summed E-state index contributed by atoms with van der Waals surface area (Å²) in [5.41, 5.74) is 2.02. The van der Waals surface area contributed by atoms with Gasteiger partial charge in [-0.15, -0.1) is 0 Å². The number of rotatable bonds is 4. The maximum absolute atomic E-state index is 6.10. The van der Waals surface area contributed by atoms with Gasteiger partial charge in [0.1, 0.15) is 5.82 Å². The molecule has 0 saturated carbocycles. The topological polar surface area (TPSA) is 17.8 Å². The smallest absolute Gasteiger partial charge is 0.112 e. The SMILES string of the molecule is CCC(CC)c1nc2cc(Cl)c(Cl)cc2n1CC. The summed E-state index contributed by atoms with van der Waals surface area (Å²) in [6, 6.07) is 3.78. The van der Waals surface area contributed by atoms with Crippen LogP contribution in [0.15, 0.2) is 12.1 Å². The van der Waals surface area contributed by atoms with Crippen molar-refractivity contribution in [2.45, 2.75) is 46.1 Å². The maximum atomic E-state index is 6.10. The third kappa shape index (κ3) is 2.24. The summed E-state index contributed by atoms with van der Waals surface area (Å²) in [6.07, 6.45) is 2.20. The average Bonchev–Trinajstić information content (AvgIpc) is 2.69. The Morgan fingerprint density at radius 2 is 1.72 bits per heavy atom. The molecule has 98 valence electrons. The third-order valence-corrected chi connectivity index (χ3v) is 4.21. The summed E-state index contributed by atoms with van der Waals surface area (Å²) in [7, 11) is 0. The lowest BCUT2D eigenvalue weighted by Crippen LogP contribution is -2.07. The second kappa shape index (κ2) is 5.50. The number of benzene rings is 1. The lowest BCUT2D eigenvalue weighted by Gasteiger charge is -2.13. The van der Waals surface area contributed by atoms with E-state index in [1.54, 1.807) is 0 Å². The van der Waals surface area contributed by atoms with Gasteiger partial charge in [-0.3, -0.25) is 0 Å². The van der Waals surface area contributed by atoms with Gasteiger partial charge in [-0.05, 0) is 31.9 Å². The van der Waals surface area contributed by atoms with E-state index >= 15 is 0 Å². The molecule has 2 rings (SSSR count). The Bertz CT molecular complexity index is 556. The van der Waals surface area contributed by atoms with Gasteiger partial charge in [-0.2, -0.15) is 0 Å². The van der Waals surface area contributed by atoms with E-state index in [0.717, 1.165) is 36.2 Å². The molecule has 4 heteroatoms. The number of fused-ring (bicyclic) bond motifs is 1. The van der Waals surface area contributed by atoms with Gasteiger partial charge in [0, 0.05) is 12.5 Å². The molecule has 18 heavy (non-hydrogen) atoms. The molecule has 0 N–H and O–H groups in total. The second-order valence-electron chi connectivity index (χ2n) is 4.48. The van der Waals surface area contributed by atoms with Gasteiger partial charge < -0.3 is 4.57 Å². The van der Waals surface area contributed by atoms with Crippen LogP contribution in [0, 0.1) is 0 Å². The first kappa shape index (κ1) is 13.7. The first-order chi connectivity index (χ1) is 8.62. The van der Waals surface area contributed by atoms with Gasteiger partial charge >= 0.3 is 0 Å². The van der Waals surface area contributed by atoms with E-state index in [1.807, 2.05) is 12.1 Å². The Kier molecular flexibility index (Phi) is 4.18. The molecule has 0 saturated heterocycles. The number of nitrogens with zero attached hydrogens (tertiary/aromatic N) is 2.